The zero-order chi connectivity index (χ0) is 54.3. The first-order chi connectivity index (χ1) is 37.0. The third-order valence-corrected chi connectivity index (χ3v) is 13.2. The predicted molar refractivity (Wildman–Crippen MR) is 325 cm³/mol. The van der Waals surface area contributed by atoms with Crippen LogP contribution in [-0.4, -0.2) is 37.2 Å². The van der Waals surface area contributed by atoms with E-state index in [9.17, 15) is 14.4 Å². The van der Waals surface area contributed by atoms with Crippen LogP contribution in [0.5, 0.6) is 0 Å². The Bertz CT molecular complexity index is 1520. The number of carbonyl (C=O) groups excluding carboxylic acids is 3. The molecule has 0 amide bonds. The van der Waals surface area contributed by atoms with Gasteiger partial charge in [-0.15, -0.1) is 0 Å². The van der Waals surface area contributed by atoms with Gasteiger partial charge in [0.05, 0.1) is 0 Å². The lowest BCUT2D eigenvalue weighted by atomic mass is 10.0. The minimum atomic E-state index is -0.815. The highest BCUT2D eigenvalue weighted by Gasteiger charge is 2.19. The van der Waals surface area contributed by atoms with Gasteiger partial charge in [-0.3, -0.25) is 14.4 Å². The van der Waals surface area contributed by atoms with Gasteiger partial charge in [-0.05, 0) is 116 Å². The summed E-state index contributed by atoms with van der Waals surface area (Å²) in [6, 6.07) is 0. The highest BCUT2D eigenvalue weighted by atomic mass is 16.6. The second-order valence-corrected chi connectivity index (χ2v) is 20.6. The molecule has 0 aliphatic rings. The van der Waals surface area contributed by atoms with Crippen molar-refractivity contribution in [1.29, 1.82) is 0 Å². The maximum absolute atomic E-state index is 12.9. The number of allylic oxidation sites excluding steroid dienone is 18. The van der Waals surface area contributed by atoms with E-state index in [1.54, 1.807) is 0 Å². The predicted octanol–water partition coefficient (Wildman–Crippen LogP) is 21.4. The molecule has 428 valence electrons. The van der Waals surface area contributed by atoms with Crippen molar-refractivity contribution >= 4 is 17.9 Å². The SMILES string of the molecule is CC/C=C\C/C=C\C/C=C\C/C=C\C/C=C\CCCC(=O)OC(COC(=O)CCCCCCC/C=C\C/C=C\CCC)COC(=O)CCCCCCCCCCCCCCCCC/C=C\C/C=C\CCCCCCC. The summed E-state index contributed by atoms with van der Waals surface area (Å²) in [6.45, 7) is 6.41. The van der Waals surface area contributed by atoms with Crippen LogP contribution in [0.15, 0.2) is 109 Å². The van der Waals surface area contributed by atoms with Crippen molar-refractivity contribution in [1.82, 2.24) is 0 Å². The summed E-state index contributed by atoms with van der Waals surface area (Å²) in [5.41, 5.74) is 0. The van der Waals surface area contributed by atoms with E-state index >= 15 is 0 Å². The van der Waals surface area contributed by atoms with Gasteiger partial charge in [-0.1, -0.05) is 265 Å². The molecule has 0 saturated carbocycles. The van der Waals surface area contributed by atoms with E-state index in [0.717, 1.165) is 116 Å². The van der Waals surface area contributed by atoms with Crippen LogP contribution in [0, 0.1) is 0 Å². The zero-order valence-corrected chi connectivity index (χ0v) is 49.0. The largest absolute Gasteiger partial charge is 0.462 e. The Morgan fingerprint density at radius 2 is 0.560 bits per heavy atom. The molecule has 0 radical (unpaired) electrons. The second kappa shape index (κ2) is 62.6. The standard InChI is InChI=1S/C69H116O6/c1-4-7-10-13-16-19-22-25-27-29-30-31-32-33-34-35-36-37-38-40-41-44-47-50-53-56-59-62-68(71)74-65-66(64-73-67(70)61-58-55-52-49-46-43-24-21-18-15-12-9-6-3)75-69(72)63-60-57-54-51-48-45-42-39-28-26-23-20-17-14-11-8-5-2/h8,11-12,15,17,20-22,24-26,28-30,42,45,51,54,66H,4-7,9-10,13-14,16,18-19,23,27,31-41,43-44,46-50,52-53,55-65H2,1-3H3/b11-8-,15-12-,20-17-,24-21-,25-22-,28-26-,30-29-,45-42-,54-51-. The lowest BCUT2D eigenvalue weighted by molar-refractivity contribution is -0.167. The quantitative estimate of drug-likeness (QED) is 0.0261. The molecular weight excluding hydrogens is 925 g/mol. The monoisotopic (exact) mass is 1040 g/mol. The van der Waals surface area contributed by atoms with E-state index in [4.69, 9.17) is 14.2 Å². The number of esters is 3. The van der Waals surface area contributed by atoms with Crippen molar-refractivity contribution in [3.05, 3.63) is 109 Å². The van der Waals surface area contributed by atoms with Crippen LogP contribution < -0.4 is 0 Å². The molecule has 0 spiro atoms. The van der Waals surface area contributed by atoms with E-state index in [-0.39, 0.29) is 37.5 Å². The Morgan fingerprint density at radius 3 is 0.907 bits per heavy atom. The minimum absolute atomic E-state index is 0.105. The highest BCUT2D eigenvalue weighted by Crippen LogP contribution is 2.16. The molecule has 6 nitrogen and oxygen atoms in total. The Morgan fingerprint density at radius 1 is 0.280 bits per heavy atom. The first-order valence-corrected chi connectivity index (χ1v) is 31.4. The zero-order valence-electron chi connectivity index (χ0n) is 49.0. The van der Waals surface area contributed by atoms with Crippen LogP contribution in [0.4, 0.5) is 0 Å². The molecule has 0 aliphatic carbocycles. The van der Waals surface area contributed by atoms with Gasteiger partial charge in [-0.2, -0.15) is 0 Å². The van der Waals surface area contributed by atoms with Crippen molar-refractivity contribution in [2.45, 2.75) is 297 Å². The molecule has 0 N–H and O–H groups in total. The maximum atomic E-state index is 12.9. The molecule has 6 heteroatoms. The Balaban J connectivity index is 4.33. The number of rotatable bonds is 56. The lowest BCUT2D eigenvalue weighted by Gasteiger charge is -2.18. The fraction of sp³-hybridized carbons (Fsp3) is 0.696. The van der Waals surface area contributed by atoms with E-state index in [2.05, 4.69) is 130 Å². The van der Waals surface area contributed by atoms with Crippen molar-refractivity contribution < 1.29 is 28.6 Å². The van der Waals surface area contributed by atoms with Crippen molar-refractivity contribution in [2.24, 2.45) is 0 Å². The molecule has 1 unspecified atom stereocenters. The topological polar surface area (TPSA) is 78.9 Å². The van der Waals surface area contributed by atoms with Gasteiger partial charge in [0.25, 0.3) is 0 Å². The summed E-state index contributed by atoms with van der Waals surface area (Å²) >= 11 is 0. The van der Waals surface area contributed by atoms with Crippen LogP contribution in [0.3, 0.4) is 0 Å². The number of unbranched alkanes of at least 4 members (excludes halogenated alkanes) is 27. The third-order valence-electron chi connectivity index (χ3n) is 13.2. The van der Waals surface area contributed by atoms with Gasteiger partial charge in [0.15, 0.2) is 6.10 Å². The van der Waals surface area contributed by atoms with Crippen LogP contribution in [0.25, 0.3) is 0 Å². The molecule has 75 heavy (non-hydrogen) atoms. The molecule has 0 saturated heterocycles. The first-order valence-electron chi connectivity index (χ1n) is 31.4. The van der Waals surface area contributed by atoms with Gasteiger partial charge >= 0.3 is 17.9 Å². The van der Waals surface area contributed by atoms with Gasteiger partial charge < -0.3 is 14.2 Å². The maximum Gasteiger partial charge on any atom is 0.306 e. The highest BCUT2D eigenvalue weighted by molar-refractivity contribution is 5.71. The van der Waals surface area contributed by atoms with Gasteiger partial charge in [0, 0.05) is 19.3 Å². The van der Waals surface area contributed by atoms with E-state index < -0.39 is 6.10 Å². The van der Waals surface area contributed by atoms with Crippen molar-refractivity contribution in [3.63, 3.8) is 0 Å². The number of ether oxygens (including phenoxy) is 3. The van der Waals surface area contributed by atoms with Gasteiger partial charge in [0.2, 0.25) is 0 Å². The molecule has 0 aromatic heterocycles. The average molecular weight is 1040 g/mol. The molecular formula is C69H116O6. The summed E-state index contributed by atoms with van der Waals surface area (Å²) in [4.78, 5) is 38.2. The second-order valence-electron chi connectivity index (χ2n) is 20.6. The summed E-state index contributed by atoms with van der Waals surface area (Å²) in [7, 11) is 0. The van der Waals surface area contributed by atoms with E-state index in [0.29, 0.717) is 19.3 Å². The lowest BCUT2D eigenvalue weighted by Crippen LogP contribution is -2.30. The summed E-state index contributed by atoms with van der Waals surface area (Å²) in [6.07, 6.45) is 85.4. The molecule has 0 aromatic rings. The fourth-order valence-electron chi connectivity index (χ4n) is 8.55. The summed E-state index contributed by atoms with van der Waals surface area (Å²) < 4.78 is 16.8. The number of carbonyl (C=O) groups is 3. The minimum Gasteiger partial charge on any atom is -0.462 e. The Hall–Kier alpha value is -3.93. The molecule has 1 atom stereocenters. The molecule has 0 aliphatic heterocycles. The van der Waals surface area contributed by atoms with Crippen LogP contribution in [0.1, 0.15) is 290 Å². The molecule has 0 fully saturated rings. The third kappa shape index (κ3) is 60.8. The molecule has 0 aromatic carbocycles. The normalized spacial score (nSPS) is 12.8. The van der Waals surface area contributed by atoms with Crippen LogP contribution >= 0.6 is 0 Å². The molecule has 0 bridgehead atoms. The van der Waals surface area contributed by atoms with Gasteiger partial charge in [0.1, 0.15) is 13.2 Å². The average Bonchev–Trinajstić information content (AvgIpc) is 3.41. The van der Waals surface area contributed by atoms with Crippen molar-refractivity contribution in [3.8, 4) is 0 Å². The first kappa shape index (κ1) is 71.1. The number of hydrogen-bond acceptors (Lipinski definition) is 6. The molecule has 0 heterocycles. The Labute approximate surface area is 463 Å². The fourth-order valence-corrected chi connectivity index (χ4v) is 8.55. The summed E-state index contributed by atoms with van der Waals surface area (Å²) in [5.74, 6) is -0.975. The summed E-state index contributed by atoms with van der Waals surface area (Å²) in [5, 5.41) is 0. The molecule has 0 rings (SSSR count). The van der Waals surface area contributed by atoms with Crippen LogP contribution in [-0.2, 0) is 28.6 Å². The van der Waals surface area contributed by atoms with Crippen LogP contribution in [0.2, 0.25) is 0 Å². The number of hydrogen-bond donors (Lipinski definition) is 0. The van der Waals surface area contributed by atoms with Gasteiger partial charge in [-0.25, -0.2) is 0 Å². The smallest absolute Gasteiger partial charge is 0.306 e. The van der Waals surface area contributed by atoms with E-state index in [1.165, 1.54) is 128 Å². The van der Waals surface area contributed by atoms with Crippen molar-refractivity contribution in [2.75, 3.05) is 13.2 Å². The Kier molecular flexibility index (Phi) is 59.3. The van der Waals surface area contributed by atoms with E-state index in [1.807, 2.05) is 0 Å².